The molecule has 0 spiro atoms. The van der Waals surface area contributed by atoms with Crippen molar-refractivity contribution in [1.82, 2.24) is 0 Å². The van der Waals surface area contributed by atoms with Gasteiger partial charge in [0.2, 0.25) is 5.60 Å². The second-order valence-electron chi connectivity index (χ2n) is 4.46. The summed E-state index contributed by atoms with van der Waals surface area (Å²) in [6.45, 7) is 0. The molecule has 7 heteroatoms. The first-order chi connectivity index (χ1) is 10.3. The van der Waals surface area contributed by atoms with Crippen LogP contribution in [-0.2, 0) is 15.1 Å². The molecule has 0 unspecified atom stereocenters. The van der Waals surface area contributed by atoms with Gasteiger partial charge in [0, 0.05) is 11.1 Å². The van der Waals surface area contributed by atoms with Gasteiger partial charge >= 0.3 is 5.97 Å². The van der Waals surface area contributed by atoms with Crippen molar-refractivity contribution in [3.8, 4) is 0 Å². The maximum atomic E-state index is 13.6. The number of hydrogen-bond acceptors (Lipinski definition) is 3. The fourth-order valence-corrected chi connectivity index (χ4v) is 2.23. The molecule has 0 saturated heterocycles. The molecule has 0 aliphatic heterocycles. The van der Waals surface area contributed by atoms with Crippen LogP contribution in [0.5, 0.6) is 0 Å². The lowest BCUT2D eigenvalue weighted by atomic mass is 9.86. The third-order valence-electron chi connectivity index (χ3n) is 3.16. The Balaban J connectivity index is 2.68. The lowest BCUT2D eigenvalue weighted by Crippen LogP contribution is -2.38. The number of hydrogen-bond donors (Lipinski definition) is 1. The number of benzene rings is 2. The lowest BCUT2D eigenvalue weighted by Gasteiger charge is -2.26. The summed E-state index contributed by atoms with van der Waals surface area (Å²) in [6.07, 6.45) is 0. The zero-order valence-corrected chi connectivity index (χ0v) is 12.8. The van der Waals surface area contributed by atoms with E-state index in [1.54, 1.807) is 0 Å². The maximum Gasteiger partial charge on any atom is 0.347 e. The third kappa shape index (κ3) is 2.79. The van der Waals surface area contributed by atoms with Crippen LogP contribution in [0.3, 0.4) is 0 Å². The van der Waals surface area contributed by atoms with Crippen molar-refractivity contribution >= 4 is 29.2 Å². The minimum atomic E-state index is -2.40. The van der Waals surface area contributed by atoms with E-state index in [0.29, 0.717) is 0 Å². The number of ether oxygens (including phenoxy) is 1. The fourth-order valence-electron chi connectivity index (χ4n) is 1.99. The highest BCUT2D eigenvalue weighted by Gasteiger charge is 2.42. The summed E-state index contributed by atoms with van der Waals surface area (Å²) < 4.78 is 31.9. The molecule has 1 N–H and O–H groups in total. The van der Waals surface area contributed by atoms with Crippen LogP contribution in [0.25, 0.3) is 0 Å². The molecule has 0 fully saturated rings. The Labute approximate surface area is 135 Å². The van der Waals surface area contributed by atoms with Crippen molar-refractivity contribution in [3.63, 3.8) is 0 Å². The van der Waals surface area contributed by atoms with E-state index in [1.165, 1.54) is 24.3 Å². The first-order valence-electron chi connectivity index (χ1n) is 6.02. The molecule has 0 aromatic heterocycles. The van der Waals surface area contributed by atoms with E-state index < -0.39 is 23.2 Å². The molecule has 2 aromatic rings. The van der Waals surface area contributed by atoms with Gasteiger partial charge in [-0.05, 0) is 24.3 Å². The SMILES string of the molecule is COC(=O)C(O)(c1ccc(Cl)c(F)c1)c1ccc(Cl)c(F)c1. The highest BCUT2D eigenvalue weighted by atomic mass is 35.5. The molecule has 0 aliphatic rings. The van der Waals surface area contributed by atoms with Gasteiger partial charge in [-0.15, -0.1) is 0 Å². The minimum Gasteiger partial charge on any atom is -0.466 e. The van der Waals surface area contributed by atoms with Crippen LogP contribution in [0.4, 0.5) is 8.78 Å². The normalized spacial score (nSPS) is 11.4. The molecule has 116 valence electrons. The zero-order chi connectivity index (χ0) is 16.5. The van der Waals surface area contributed by atoms with Crippen molar-refractivity contribution in [2.45, 2.75) is 5.60 Å². The highest BCUT2D eigenvalue weighted by molar-refractivity contribution is 6.31. The van der Waals surface area contributed by atoms with Gasteiger partial charge in [0.05, 0.1) is 17.2 Å². The van der Waals surface area contributed by atoms with Gasteiger partial charge in [0.25, 0.3) is 0 Å². The van der Waals surface area contributed by atoms with Gasteiger partial charge in [-0.2, -0.15) is 0 Å². The Kier molecular flexibility index (Phi) is 4.70. The van der Waals surface area contributed by atoms with E-state index in [1.807, 2.05) is 0 Å². The molecule has 0 amide bonds. The van der Waals surface area contributed by atoms with Crippen LogP contribution >= 0.6 is 23.2 Å². The van der Waals surface area contributed by atoms with Gasteiger partial charge in [-0.3, -0.25) is 0 Å². The minimum absolute atomic E-state index is 0.150. The Bertz CT molecular complexity index is 683. The third-order valence-corrected chi connectivity index (χ3v) is 3.77. The molecule has 3 nitrogen and oxygen atoms in total. The average Bonchev–Trinajstić information content (AvgIpc) is 2.51. The van der Waals surface area contributed by atoms with Crippen LogP contribution < -0.4 is 0 Å². The molecule has 0 heterocycles. The Morgan fingerprint density at radius 1 is 1.05 bits per heavy atom. The van der Waals surface area contributed by atoms with Crippen LogP contribution in [0.2, 0.25) is 10.0 Å². The first-order valence-corrected chi connectivity index (χ1v) is 6.78. The van der Waals surface area contributed by atoms with Crippen molar-refractivity contribution in [3.05, 3.63) is 69.2 Å². The van der Waals surface area contributed by atoms with Crippen LogP contribution in [0.1, 0.15) is 11.1 Å². The van der Waals surface area contributed by atoms with E-state index in [-0.39, 0.29) is 21.2 Å². The summed E-state index contributed by atoms with van der Waals surface area (Å²) in [5.74, 6) is -2.78. The fraction of sp³-hybridized carbons (Fsp3) is 0.133. The second-order valence-corrected chi connectivity index (χ2v) is 5.27. The molecule has 2 aromatic carbocycles. The Morgan fingerprint density at radius 2 is 1.45 bits per heavy atom. The number of aliphatic hydroxyl groups is 1. The van der Waals surface area contributed by atoms with Gasteiger partial charge in [-0.25, -0.2) is 13.6 Å². The largest absolute Gasteiger partial charge is 0.466 e. The molecule has 22 heavy (non-hydrogen) atoms. The molecule has 2 rings (SSSR count). The Morgan fingerprint density at radius 3 is 1.77 bits per heavy atom. The summed E-state index contributed by atoms with van der Waals surface area (Å²) in [5, 5.41) is 10.4. The Hall–Kier alpha value is -1.69. The monoisotopic (exact) mass is 346 g/mol. The van der Waals surface area contributed by atoms with Crippen molar-refractivity contribution in [1.29, 1.82) is 0 Å². The van der Waals surface area contributed by atoms with Gasteiger partial charge in [0.1, 0.15) is 11.6 Å². The molecule has 0 radical (unpaired) electrons. The number of halogens is 4. The second kappa shape index (κ2) is 6.20. The van der Waals surface area contributed by atoms with E-state index in [0.717, 1.165) is 19.2 Å². The van der Waals surface area contributed by atoms with Crippen molar-refractivity contribution < 1.29 is 23.4 Å². The van der Waals surface area contributed by atoms with Crippen LogP contribution in [-0.4, -0.2) is 18.2 Å². The van der Waals surface area contributed by atoms with E-state index in [9.17, 15) is 18.7 Å². The summed E-state index contributed by atoms with van der Waals surface area (Å²) in [7, 11) is 1.05. The maximum absolute atomic E-state index is 13.6. The zero-order valence-electron chi connectivity index (χ0n) is 11.2. The van der Waals surface area contributed by atoms with E-state index in [4.69, 9.17) is 23.2 Å². The van der Waals surface area contributed by atoms with Gasteiger partial charge < -0.3 is 9.84 Å². The van der Waals surface area contributed by atoms with Crippen molar-refractivity contribution in [2.75, 3.05) is 7.11 Å². The molecular formula is C15H10Cl2F2O3. The number of esters is 1. The standard InChI is InChI=1S/C15H10Cl2F2O3/c1-22-14(20)15(21,8-2-4-10(16)12(18)6-8)9-3-5-11(17)13(19)7-9/h2-7,21H,1H3. The van der Waals surface area contributed by atoms with E-state index in [2.05, 4.69) is 4.74 Å². The predicted molar refractivity (Wildman–Crippen MR) is 77.8 cm³/mol. The first kappa shape index (κ1) is 16.7. The topological polar surface area (TPSA) is 46.5 Å². The summed E-state index contributed by atoms with van der Waals surface area (Å²) in [5.41, 5.74) is -2.70. The number of carbonyl (C=O) groups excluding carboxylic acids is 1. The predicted octanol–water partition coefficient (Wildman–Crippen LogP) is 3.68. The summed E-state index contributed by atoms with van der Waals surface area (Å²) >= 11 is 11.2. The smallest absolute Gasteiger partial charge is 0.347 e. The lowest BCUT2D eigenvalue weighted by molar-refractivity contribution is -0.158. The molecule has 0 aliphatic carbocycles. The number of rotatable bonds is 3. The average molecular weight is 347 g/mol. The van der Waals surface area contributed by atoms with Crippen molar-refractivity contribution in [2.24, 2.45) is 0 Å². The van der Waals surface area contributed by atoms with Gasteiger partial charge in [0.15, 0.2) is 0 Å². The van der Waals surface area contributed by atoms with Crippen LogP contribution in [0.15, 0.2) is 36.4 Å². The molecule has 0 atom stereocenters. The van der Waals surface area contributed by atoms with E-state index >= 15 is 0 Å². The molecule has 0 saturated carbocycles. The quantitative estimate of drug-likeness (QED) is 0.862. The molecule has 0 bridgehead atoms. The van der Waals surface area contributed by atoms with Crippen LogP contribution in [0, 0.1) is 11.6 Å². The highest BCUT2D eigenvalue weighted by Crippen LogP contribution is 2.34. The number of methoxy groups -OCH3 is 1. The molecular weight excluding hydrogens is 337 g/mol. The summed E-state index contributed by atoms with van der Waals surface area (Å²) in [6, 6.07) is 6.60. The van der Waals surface area contributed by atoms with Gasteiger partial charge in [-0.1, -0.05) is 35.3 Å². The number of carbonyl (C=O) groups is 1. The summed E-state index contributed by atoms with van der Waals surface area (Å²) in [4.78, 5) is 12.0.